The highest BCUT2D eigenvalue weighted by atomic mass is 19.4. The molecule has 1 heterocycles. The second-order valence-electron chi connectivity index (χ2n) is 5.40. The smallest absolute Gasteiger partial charge is 0.396 e. The molecule has 2 N–H and O–H groups in total. The summed E-state index contributed by atoms with van der Waals surface area (Å²) in [6.07, 6.45) is -3.65. The lowest BCUT2D eigenvalue weighted by Crippen LogP contribution is -2.45. The van der Waals surface area contributed by atoms with E-state index in [1.165, 1.54) is 0 Å². The molecule has 1 atom stereocenters. The second kappa shape index (κ2) is 7.39. The number of hydrogen-bond donors (Lipinski definition) is 2. The minimum absolute atomic E-state index is 0.0603. The molecule has 1 fully saturated rings. The van der Waals surface area contributed by atoms with Crippen LogP contribution in [0.2, 0.25) is 0 Å². The Morgan fingerprint density at radius 3 is 2.50 bits per heavy atom. The van der Waals surface area contributed by atoms with Crippen molar-refractivity contribution in [1.29, 1.82) is 0 Å². The quantitative estimate of drug-likeness (QED) is 0.819. The molecule has 124 valence electrons. The minimum Gasteiger partial charge on any atom is -0.396 e. The lowest BCUT2D eigenvalue weighted by molar-refractivity contribution is -0.137. The Balaban J connectivity index is 2.32. The largest absolute Gasteiger partial charge is 0.416 e. The van der Waals surface area contributed by atoms with Gasteiger partial charge in [0.15, 0.2) is 0 Å². The van der Waals surface area contributed by atoms with Gasteiger partial charge in [0.05, 0.1) is 5.56 Å². The molecular weight excluding hydrogens is 300 g/mol. The van der Waals surface area contributed by atoms with Crippen molar-refractivity contribution < 1.29 is 22.7 Å². The van der Waals surface area contributed by atoms with Crippen LogP contribution in [0.15, 0.2) is 18.2 Å². The van der Waals surface area contributed by atoms with E-state index in [4.69, 9.17) is 5.11 Å². The van der Waals surface area contributed by atoms with Gasteiger partial charge in [-0.15, -0.1) is 0 Å². The van der Waals surface area contributed by atoms with Crippen LogP contribution >= 0.6 is 0 Å². The van der Waals surface area contributed by atoms with E-state index in [-0.39, 0.29) is 12.2 Å². The summed E-state index contributed by atoms with van der Waals surface area (Å²) in [6.45, 7) is 2.66. The van der Waals surface area contributed by atoms with Crippen molar-refractivity contribution in [1.82, 2.24) is 10.2 Å². The van der Waals surface area contributed by atoms with Gasteiger partial charge in [-0.2, -0.15) is 13.2 Å². The zero-order valence-corrected chi connectivity index (χ0v) is 12.2. The van der Waals surface area contributed by atoms with Gasteiger partial charge in [-0.3, -0.25) is 4.90 Å². The van der Waals surface area contributed by atoms with E-state index in [2.05, 4.69) is 5.32 Å². The molecule has 0 bridgehead atoms. The van der Waals surface area contributed by atoms with E-state index in [1.807, 2.05) is 4.90 Å². The number of aliphatic hydroxyl groups excluding tert-OH is 1. The highest BCUT2D eigenvalue weighted by Crippen LogP contribution is 2.34. The summed E-state index contributed by atoms with van der Waals surface area (Å²) in [4.78, 5) is 1.98. The molecule has 1 aromatic carbocycles. The van der Waals surface area contributed by atoms with E-state index >= 15 is 0 Å². The third-order valence-electron chi connectivity index (χ3n) is 3.91. The first-order valence-electron chi connectivity index (χ1n) is 7.35. The predicted octanol–water partition coefficient (Wildman–Crippen LogP) is 2.56. The van der Waals surface area contributed by atoms with Crippen LogP contribution < -0.4 is 5.32 Å². The summed E-state index contributed by atoms with van der Waals surface area (Å²) >= 11 is 0. The zero-order chi connectivity index (χ0) is 16.2. The molecule has 22 heavy (non-hydrogen) atoms. The molecule has 0 unspecified atom stereocenters. The first-order chi connectivity index (χ1) is 10.4. The monoisotopic (exact) mass is 320 g/mol. The fraction of sp³-hybridized carbons (Fsp3) is 0.600. The minimum atomic E-state index is -4.49. The Labute approximate surface area is 126 Å². The Kier molecular flexibility index (Phi) is 5.77. The first-order valence-corrected chi connectivity index (χ1v) is 7.35. The third kappa shape index (κ3) is 4.18. The highest BCUT2D eigenvalue weighted by Gasteiger charge is 2.33. The zero-order valence-electron chi connectivity index (χ0n) is 12.2. The molecular formula is C15H20F4N2O. The summed E-state index contributed by atoms with van der Waals surface area (Å²) in [6, 6.07) is 2.10. The van der Waals surface area contributed by atoms with Crippen molar-refractivity contribution in [2.24, 2.45) is 0 Å². The second-order valence-corrected chi connectivity index (χ2v) is 5.40. The summed E-state index contributed by atoms with van der Waals surface area (Å²) in [7, 11) is 0. The molecule has 2 rings (SSSR count). The SMILES string of the molecule is OCCC[C@H](c1cc(C(F)(F)F)ccc1F)N1CCNCC1. The van der Waals surface area contributed by atoms with Crippen molar-refractivity contribution in [3.8, 4) is 0 Å². The molecule has 1 aromatic rings. The van der Waals surface area contributed by atoms with Gasteiger partial charge in [-0.25, -0.2) is 4.39 Å². The molecule has 3 nitrogen and oxygen atoms in total. The number of benzene rings is 1. The van der Waals surface area contributed by atoms with Crippen molar-refractivity contribution in [3.05, 3.63) is 35.1 Å². The van der Waals surface area contributed by atoms with Crippen LogP contribution in [-0.2, 0) is 6.18 Å². The van der Waals surface area contributed by atoms with Gasteiger partial charge in [0.2, 0.25) is 0 Å². The Hall–Kier alpha value is -1.18. The normalized spacial score (nSPS) is 18.4. The standard InChI is InChI=1S/C15H20F4N2O/c16-13-4-3-11(15(17,18)19)10-12(13)14(2-1-9-22)21-7-5-20-6-8-21/h3-4,10,14,20,22H,1-2,5-9H2/t14-/m1/s1. The molecule has 0 amide bonds. The maximum atomic E-state index is 14.1. The predicted molar refractivity (Wildman–Crippen MR) is 74.9 cm³/mol. The van der Waals surface area contributed by atoms with E-state index in [0.29, 0.717) is 25.9 Å². The molecule has 0 radical (unpaired) electrons. The number of nitrogens with zero attached hydrogens (tertiary/aromatic N) is 1. The average molecular weight is 320 g/mol. The molecule has 0 aliphatic carbocycles. The lowest BCUT2D eigenvalue weighted by Gasteiger charge is -2.35. The average Bonchev–Trinajstić information content (AvgIpc) is 2.49. The summed E-state index contributed by atoms with van der Waals surface area (Å²) in [5.41, 5.74) is -0.779. The van der Waals surface area contributed by atoms with Gasteiger partial charge < -0.3 is 10.4 Å². The fourth-order valence-corrected chi connectivity index (χ4v) is 2.79. The number of hydrogen-bond acceptors (Lipinski definition) is 3. The van der Waals surface area contributed by atoms with Crippen LogP contribution in [-0.4, -0.2) is 42.8 Å². The maximum Gasteiger partial charge on any atom is 0.416 e. The van der Waals surface area contributed by atoms with Crippen molar-refractivity contribution in [3.63, 3.8) is 0 Å². The molecule has 7 heteroatoms. The summed E-state index contributed by atoms with van der Waals surface area (Å²) in [5, 5.41) is 12.2. The van der Waals surface area contributed by atoms with Crippen LogP contribution in [0.25, 0.3) is 0 Å². The number of nitrogens with one attached hydrogen (secondary N) is 1. The number of rotatable bonds is 5. The Morgan fingerprint density at radius 1 is 1.23 bits per heavy atom. The van der Waals surface area contributed by atoms with Crippen LogP contribution in [0, 0.1) is 5.82 Å². The number of piperazine rings is 1. The lowest BCUT2D eigenvalue weighted by atomic mass is 9.97. The van der Waals surface area contributed by atoms with Gasteiger partial charge in [-0.05, 0) is 31.0 Å². The topological polar surface area (TPSA) is 35.5 Å². The van der Waals surface area contributed by atoms with Gasteiger partial charge in [0.25, 0.3) is 0 Å². The van der Waals surface area contributed by atoms with Crippen molar-refractivity contribution in [2.45, 2.75) is 25.1 Å². The molecule has 1 aliphatic rings. The van der Waals surface area contributed by atoms with Gasteiger partial charge in [0.1, 0.15) is 5.82 Å². The van der Waals surface area contributed by atoms with Crippen molar-refractivity contribution >= 4 is 0 Å². The van der Waals surface area contributed by atoms with E-state index in [1.54, 1.807) is 0 Å². The maximum absolute atomic E-state index is 14.1. The molecule has 1 saturated heterocycles. The molecule has 1 aliphatic heterocycles. The van der Waals surface area contributed by atoms with Crippen LogP contribution in [0.4, 0.5) is 17.6 Å². The van der Waals surface area contributed by atoms with Crippen LogP contribution in [0.1, 0.15) is 30.0 Å². The molecule has 0 spiro atoms. The van der Waals surface area contributed by atoms with Crippen molar-refractivity contribution in [2.75, 3.05) is 32.8 Å². The number of alkyl halides is 3. The number of halogens is 4. The van der Waals surface area contributed by atoms with E-state index in [9.17, 15) is 17.6 Å². The van der Waals surface area contributed by atoms with E-state index in [0.717, 1.165) is 31.3 Å². The summed E-state index contributed by atoms with van der Waals surface area (Å²) in [5.74, 6) is -0.630. The summed E-state index contributed by atoms with van der Waals surface area (Å²) < 4.78 is 52.7. The van der Waals surface area contributed by atoms with Crippen LogP contribution in [0.5, 0.6) is 0 Å². The highest BCUT2D eigenvalue weighted by molar-refractivity contribution is 5.29. The number of aliphatic hydroxyl groups is 1. The van der Waals surface area contributed by atoms with Gasteiger partial charge in [-0.1, -0.05) is 0 Å². The van der Waals surface area contributed by atoms with Gasteiger partial charge >= 0.3 is 6.18 Å². The Bertz CT molecular complexity index is 487. The Morgan fingerprint density at radius 2 is 1.91 bits per heavy atom. The fourth-order valence-electron chi connectivity index (χ4n) is 2.79. The molecule has 0 aromatic heterocycles. The van der Waals surface area contributed by atoms with E-state index < -0.39 is 23.6 Å². The molecule has 0 saturated carbocycles. The van der Waals surface area contributed by atoms with Crippen LogP contribution in [0.3, 0.4) is 0 Å². The first kappa shape index (κ1) is 17.2. The third-order valence-corrected chi connectivity index (χ3v) is 3.91. The van der Waals surface area contributed by atoms with Gasteiger partial charge in [0, 0.05) is 44.4 Å².